The first-order valence-corrected chi connectivity index (χ1v) is 9.97. The lowest BCUT2D eigenvalue weighted by atomic mass is 10.1. The van der Waals surface area contributed by atoms with Crippen molar-refractivity contribution in [1.82, 2.24) is 0 Å². The molecule has 2 aromatic carbocycles. The number of ether oxygens (including phenoxy) is 2. The van der Waals surface area contributed by atoms with Crippen molar-refractivity contribution in [2.45, 2.75) is 11.3 Å². The van der Waals surface area contributed by atoms with E-state index in [-0.39, 0.29) is 23.8 Å². The van der Waals surface area contributed by atoms with Crippen molar-refractivity contribution >= 4 is 33.3 Å². The molecule has 0 aromatic heterocycles. The van der Waals surface area contributed by atoms with Crippen LogP contribution in [-0.2, 0) is 24.3 Å². The molecular weight excluding hydrogens is 384 g/mol. The van der Waals surface area contributed by atoms with Crippen LogP contribution in [0.2, 0.25) is 0 Å². The average Bonchev–Trinajstić information content (AvgIpc) is 3.09. The molecule has 1 amide bonds. The predicted molar refractivity (Wildman–Crippen MR) is 103 cm³/mol. The van der Waals surface area contributed by atoms with Crippen LogP contribution in [0.4, 0.5) is 11.4 Å². The molecule has 1 heterocycles. The lowest BCUT2D eigenvalue weighted by Gasteiger charge is -2.17. The monoisotopic (exact) mass is 404 g/mol. The van der Waals surface area contributed by atoms with Gasteiger partial charge in [-0.15, -0.1) is 0 Å². The highest BCUT2D eigenvalue weighted by Gasteiger charge is 2.35. The Hall–Kier alpha value is -3.07. The minimum Gasteiger partial charge on any atom is -0.497 e. The van der Waals surface area contributed by atoms with Crippen molar-refractivity contribution in [1.29, 1.82) is 0 Å². The smallest absolute Gasteiger partial charge is 0.311 e. The second-order valence-electron chi connectivity index (χ2n) is 6.26. The van der Waals surface area contributed by atoms with Crippen LogP contribution < -0.4 is 14.4 Å². The summed E-state index contributed by atoms with van der Waals surface area (Å²) in [4.78, 5) is 25.3. The molecule has 1 unspecified atom stereocenters. The Labute approximate surface area is 163 Å². The van der Waals surface area contributed by atoms with Crippen molar-refractivity contribution in [3.05, 3.63) is 48.5 Å². The van der Waals surface area contributed by atoms with Crippen LogP contribution in [0.25, 0.3) is 0 Å². The number of nitrogens with one attached hydrogen (secondary N) is 1. The van der Waals surface area contributed by atoms with E-state index in [0.29, 0.717) is 17.1 Å². The summed E-state index contributed by atoms with van der Waals surface area (Å²) >= 11 is 0. The number of benzene rings is 2. The van der Waals surface area contributed by atoms with E-state index in [2.05, 4.69) is 9.46 Å². The predicted octanol–water partition coefficient (Wildman–Crippen LogP) is 2.02. The van der Waals surface area contributed by atoms with E-state index >= 15 is 0 Å². The molecular formula is C19H20N2O6S. The zero-order chi connectivity index (χ0) is 20.3. The van der Waals surface area contributed by atoms with Gasteiger partial charge in [-0.05, 0) is 36.4 Å². The van der Waals surface area contributed by atoms with Crippen LogP contribution in [0.3, 0.4) is 0 Å². The number of sulfonamides is 1. The molecule has 1 N–H and O–H groups in total. The number of amides is 1. The summed E-state index contributed by atoms with van der Waals surface area (Å²) in [5, 5.41) is 0. The number of methoxy groups -OCH3 is 2. The van der Waals surface area contributed by atoms with Crippen molar-refractivity contribution in [2.24, 2.45) is 5.92 Å². The lowest BCUT2D eigenvalue weighted by Crippen LogP contribution is -2.26. The van der Waals surface area contributed by atoms with Crippen LogP contribution in [0.1, 0.15) is 6.42 Å². The zero-order valence-electron chi connectivity index (χ0n) is 15.4. The van der Waals surface area contributed by atoms with Gasteiger partial charge >= 0.3 is 5.97 Å². The summed E-state index contributed by atoms with van der Waals surface area (Å²) in [5.74, 6) is -0.628. The third-order valence-corrected chi connectivity index (χ3v) is 5.84. The molecule has 9 heteroatoms. The quantitative estimate of drug-likeness (QED) is 0.739. The topological polar surface area (TPSA) is 102 Å². The maximum atomic E-state index is 12.6. The lowest BCUT2D eigenvalue weighted by molar-refractivity contribution is -0.145. The highest BCUT2D eigenvalue weighted by atomic mass is 32.2. The van der Waals surface area contributed by atoms with E-state index < -0.39 is 21.9 Å². The molecule has 1 aliphatic heterocycles. The Kier molecular flexibility index (Phi) is 5.55. The van der Waals surface area contributed by atoms with Gasteiger partial charge in [0.1, 0.15) is 5.75 Å². The molecule has 0 spiro atoms. The van der Waals surface area contributed by atoms with Crippen LogP contribution in [-0.4, -0.2) is 41.1 Å². The second kappa shape index (κ2) is 7.89. The van der Waals surface area contributed by atoms with Crippen molar-refractivity contribution in [3.8, 4) is 5.75 Å². The highest BCUT2D eigenvalue weighted by molar-refractivity contribution is 7.92. The maximum absolute atomic E-state index is 12.6. The minimum absolute atomic E-state index is 0.0511. The first kappa shape index (κ1) is 19.7. The summed E-state index contributed by atoms with van der Waals surface area (Å²) < 4.78 is 37.4. The van der Waals surface area contributed by atoms with Gasteiger partial charge in [-0.1, -0.05) is 6.07 Å². The van der Waals surface area contributed by atoms with E-state index in [9.17, 15) is 18.0 Å². The summed E-state index contributed by atoms with van der Waals surface area (Å²) in [6, 6.07) is 12.5. The van der Waals surface area contributed by atoms with Gasteiger partial charge in [0.25, 0.3) is 10.0 Å². The molecule has 1 aliphatic rings. The Bertz CT molecular complexity index is 988. The first-order valence-electron chi connectivity index (χ1n) is 8.49. The van der Waals surface area contributed by atoms with Crippen molar-refractivity contribution in [2.75, 3.05) is 30.4 Å². The van der Waals surface area contributed by atoms with Crippen LogP contribution in [0.15, 0.2) is 53.4 Å². The van der Waals surface area contributed by atoms with Crippen molar-refractivity contribution in [3.63, 3.8) is 0 Å². The molecule has 0 radical (unpaired) electrons. The Morgan fingerprint density at radius 1 is 1.14 bits per heavy atom. The molecule has 3 rings (SSSR count). The van der Waals surface area contributed by atoms with Gasteiger partial charge in [0.05, 0.1) is 30.7 Å². The number of hydrogen-bond donors (Lipinski definition) is 1. The van der Waals surface area contributed by atoms with E-state index in [1.165, 1.54) is 43.4 Å². The molecule has 8 nitrogen and oxygen atoms in total. The third-order valence-electron chi connectivity index (χ3n) is 4.44. The summed E-state index contributed by atoms with van der Waals surface area (Å²) in [6.45, 7) is 0.208. The normalized spacial score (nSPS) is 16.7. The fourth-order valence-corrected chi connectivity index (χ4v) is 4.04. The highest BCUT2D eigenvalue weighted by Crippen LogP contribution is 2.27. The maximum Gasteiger partial charge on any atom is 0.311 e. The molecule has 1 saturated heterocycles. The van der Waals surface area contributed by atoms with Gasteiger partial charge < -0.3 is 14.4 Å². The number of anilines is 2. The van der Waals surface area contributed by atoms with Gasteiger partial charge in [-0.25, -0.2) is 8.42 Å². The van der Waals surface area contributed by atoms with Crippen LogP contribution >= 0.6 is 0 Å². The molecule has 148 valence electrons. The first-order chi connectivity index (χ1) is 13.3. The standard InChI is InChI=1S/C19H20N2O6S/c1-26-16-5-3-4-14(11-16)20-28(24,25)17-8-6-15(7-9-17)21-12-13(10-18(21)22)19(23)27-2/h3-9,11,13,20H,10,12H2,1-2H3. The Balaban J connectivity index is 1.76. The molecule has 0 bridgehead atoms. The number of carbonyl (C=O) groups is 2. The number of hydrogen-bond acceptors (Lipinski definition) is 6. The largest absolute Gasteiger partial charge is 0.497 e. The van der Waals surface area contributed by atoms with Gasteiger partial charge in [-0.3, -0.25) is 14.3 Å². The minimum atomic E-state index is -3.80. The number of carbonyl (C=O) groups excluding carboxylic acids is 2. The SMILES string of the molecule is COC(=O)C1CC(=O)N(c2ccc(S(=O)(=O)Nc3cccc(OC)c3)cc2)C1. The number of nitrogens with zero attached hydrogens (tertiary/aromatic N) is 1. The van der Waals surface area contributed by atoms with Gasteiger partial charge in [0.2, 0.25) is 5.91 Å². The van der Waals surface area contributed by atoms with E-state index in [0.717, 1.165) is 0 Å². The summed E-state index contributed by atoms with van der Waals surface area (Å²) in [5.41, 5.74) is 0.899. The summed E-state index contributed by atoms with van der Waals surface area (Å²) in [6.07, 6.45) is 0.0735. The summed E-state index contributed by atoms with van der Waals surface area (Å²) in [7, 11) is -1.02. The van der Waals surface area contributed by atoms with Crippen LogP contribution in [0.5, 0.6) is 5.75 Å². The van der Waals surface area contributed by atoms with Gasteiger partial charge in [0.15, 0.2) is 0 Å². The second-order valence-corrected chi connectivity index (χ2v) is 7.94. The third kappa shape index (κ3) is 4.09. The van der Waals surface area contributed by atoms with Crippen LogP contribution in [0, 0.1) is 5.92 Å². The molecule has 1 atom stereocenters. The van der Waals surface area contributed by atoms with Crippen molar-refractivity contribution < 1.29 is 27.5 Å². The molecule has 1 fully saturated rings. The fourth-order valence-electron chi connectivity index (χ4n) is 2.99. The molecule has 0 aliphatic carbocycles. The number of esters is 1. The molecule has 0 saturated carbocycles. The van der Waals surface area contributed by atoms with E-state index in [1.54, 1.807) is 24.3 Å². The Morgan fingerprint density at radius 2 is 1.86 bits per heavy atom. The van der Waals surface area contributed by atoms with Gasteiger partial charge in [0, 0.05) is 24.7 Å². The number of rotatable bonds is 6. The Morgan fingerprint density at radius 3 is 2.50 bits per heavy atom. The molecule has 28 heavy (non-hydrogen) atoms. The fraction of sp³-hybridized carbons (Fsp3) is 0.263. The average molecular weight is 404 g/mol. The zero-order valence-corrected chi connectivity index (χ0v) is 16.2. The van der Waals surface area contributed by atoms with E-state index in [4.69, 9.17) is 4.74 Å². The molecule has 2 aromatic rings. The van der Waals surface area contributed by atoms with Gasteiger partial charge in [-0.2, -0.15) is 0 Å². The van der Waals surface area contributed by atoms with E-state index in [1.807, 2.05) is 0 Å².